The lowest BCUT2D eigenvalue weighted by molar-refractivity contribution is -0.385. The number of esters is 1. The quantitative estimate of drug-likeness (QED) is 0.390. The first-order valence-electron chi connectivity index (χ1n) is 5.66. The van der Waals surface area contributed by atoms with Gasteiger partial charge in [-0.3, -0.25) is 10.1 Å². The maximum Gasteiger partial charge on any atom is 0.338 e. The topological polar surface area (TPSA) is 69.4 Å². The molecular formula is C13H15NO4S. The van der Waals surface area contributed by atoms with Crippen LogP contribution in [-0.4, -0.2) is 23.8 Å². The second-order valence-electron chi connectivity index (χ2n) is 3.88. The number of allylic oxidation sites excluding steroid dienone is 1. The van der Waals surface area contributed by atoms with Crippen LogP contribution in [0.2, 0.25) is 0 Å². The highest BCUT2D eigenvalue weighted by molar-refractivity contribution is 7.80. The number of benzene rings is 1. The number of nitro benzene ring substituents is 1. The van der Waals surface area contributed by atoms with Crippen molar-refractivity contribution in [2.75, 3.05) is 12.9 Å². The number of rotatable bonds is 5. The van der Waals surface area contributed by atoms with Gasteiger partial charge >= 0.3 is 5.97 Å². The third-order valence-electron chi connectivity index (χ3n) is 2.61. The fourth-order valence-electron chi connectivity index (χ4n) is 1.62. The van der Waals surface area contributed by atoms with Crippen LogP contribution in [0, 0.1) is 17.0 Å². The predicted octanol–water partition coefficient (Wildman–Crippen LogP) is 3.02. The van der Waals surface area contributed by atoms with Gasteiger partial charge in [-0.05, 0) is 30.7 Å². The summed E-state index contributed by atoms with van der Waals surface area (Å²) in [7, 11) is 1.25. The van der Waals surface area contributed by atoms with Crippen molar-refractivity contribution >= 4 is 30.4 Å². The highest BCUT2D eigenvalue weighted by Crippen LogP contribution is 2.25. The number of ether oxygens (including phenoxy) is 1. The van der Waals surface area contributed by atoms with E-state index in [1.165, 1.54) is 20.1 Å². The van der Waals surface area contributed by atoms with Crippen LogP contribution in [0.1, 0.15) is 27.9 Å². The van der Waals surface area contributed by atoms with E-state index in [4.69, 9.17) is 0 Å². The van der Waals surface area contributed by atoms with E-state index in [1.54, 1.807) is 12.1 Å². The fourth-order valence-corrected chi connectivity index (χ4v) is 1.77. The van der Waals surface area contributed by atoms with E-state index in [0.717, 1.165) is 6.42 Å². The van der Waals surface area contributed by atoms with E-state index in [1.807, 2.05) is 6.08 Å². The van der Waals surface area contributed by atoms with Gasteiger partial charge in [-0.25, -0.2) is 4.79 Å². The summed E-state index contributed by atoms with van der Waals surface area (Å²) in [5, 5.41) is 11.0. The number of nitro groups is 1. The Balaban J connectivity index is 3.31. The van der Waals surface area contributed by atoms with Crippen molar-refractivity contribution in [3.05, 3.63) is 45.0 Å². The molecule has 19 heavy (non-hydrogen) atoms. The van der Waals surface area contributed by atoms with Crippen molar-refractivity contribution < 1.29 is 14.5 Å². The third-order valence-corrected chi connectivity index (χ3v) is 2.87. The normalized spacial score (nSPS) is 10.7. The minimum atomic E-state index is -0.579. The summed E-state index contributed by atoms with van der Waals surface area (Å²) >= 11 is 4.07. The maximum absolute atomic E-state index is 11.6. The monoisotopic (exact) mass is 281 g/mol. The molecule has 0 aliphatic heterocycles. The molecule has 0 unspecified atom stereocenters. The van der Waals surface area contributed by atoms with Crippen molar-refractivity contribution in [3.63, 3.8) is 0 Å². The summed E-state index contributed by atoms with van der Waals surface area (Å²) in [5.41, 5.74) is 1.03. The minimum Gasteiger partial charge on any atom is -0.465 e. The van der Waals surface area contributed by atoms with Gasteiger partial charge in [0.1, 0.15) is 0 Å². The van der Waals surface area contributed by atoms with Gasteiger partial charge in [0.25, 0.3) is 5.69 Å². The summed E-state index contributed by atoms with van der Waals surface area (Å²) in [5.74, 6) is 0.110. The zero-order valence-electron chi connectivity index (χ0n) is 10.8. The number of hydrogen-bond acceptors (Lipinski definition) is 5. The average Bonchev–Trinajstić information content (AvgIpc) is 2.39. The number of thiol groups is 1. The highest BCUT2D eigenvalue weighted by atomic mass is 32.1. The number of carbonyl (C=O) groups is 1. The summed E-state index contributed by atoms with van der Waals surface area (Å²) < 4.78 is 4.63. The van der Waals surface area contributed by atoms with E-state index in [-0.39, 0.29) is 11.3 Å². The van der Waals surface area contributed by atoms with Crippen molar-refractivity contribution in [1.82, 2.24) is 0 Å². The summed E-state index contributed by atoms with van der Waals surface area (Å²) in [4.78, 5) is 22.1. The standard InChI is InChI=1S/C13H15NO4S/c1-9-11(13(15)18-2)7-10(5-3-4-6-19)8-12(9)14(16)17/h3,5,7-8,19H,4,6H2,1-2H3. The van der Waals surface area contributed by atoms with Gasteiger partial charge in [0.05, 0.1) is 17.6 Å². The lowest BCUT2D eigenvalue weighted by Crippen LogP contribution is -2.06. The predicted molar refractivity (Wildman–Crippen MR) is 76.7 cm³/mol. The van der Waals surface area contributed by atoms with E-state index < -0.39 is 10.9 Å². The molecule has 0 aromatic heterocycles. The van der Waals surface area contributed by atoms with Gasteiger partial charge in [-0.1, -0.05) is 12.2 Å². The molecule has 1 rings (SSSR count). The van der Waals surface area contributed by atoms with Crippen molar-refractivity contribution in [1.29, 1.82) is 0 Å². The first kappa shape index (κ1) is 15.2. The molecule has 0 radical (unpaired) electrons. The molecule has 0 fully saturated rings. The zero-order valence-corrected chi connectivity index (χ0v) is 11.6. The Hall–Kier alpha value is -1.82. The van der Waals surface area contributed by atoms with E-state index in [0.29, 0.717) is 16.9 Å². The average molecular weight is 281 g/mol. The SMILES string of the molecule is COC(=O)c1cc(C=CCCS)cc([N+](=O)[O-])c1C. The first-order valence-corrected chi connectivity index (χ1v) is 6.29. The molecule has 102 valence electrons. The number of hydrogen-bond donors (Lipinski definition) is 1. The van der Waals surface area contributed by atoms with Gasteiger partial charge in [-0.2, -0.15) is 12.6 Å². The van der Waals surface area contributed by atoms with Gasteiger partial charge in [0.2, 0.25) is 0 Å². The van der Waals surface area contributed by atoms with Crippen molar-refractivity contribution in [2.24, 2.45) is 0 Å². The Bertz CT molecular complexity index is 526. The van der Waals surface area contributed by atoms with Crippen molar-refractivity contribution in [3.8, 4) is 0 Å². The molecule has 0 atom stereocenters. The van der Waals surface area contributed by atoms with E-state index in [2.05, 4.69) is 17.4 Å². The molecule has 0 aliphatic carbocycles. The molecule has 0 N–H and O–H groups in total. The number of carbonyl (C=O) groups excluding carboxylic acids is 1. The largest absolute Gasteiger partial charge is 0.465 e. The highest BCUT2D eigenvalue weighted by Gasteiger charge is 2.20. The Morgan fingerprint density at radius 3 is 2.74 bits per heavy atom. The molecule has 1 aromatic rings. The summed E-state index contributed by atoms with van der Waals surface area (Å²) in [6.07, 6.45) is 4.33. The van der Waals surface area contributed by atoms with Crippen LogP contribution in [0.3, 0.4) is 0 Å². The fraction of sp³-hybridized carbons (Fsp3) is 0.308. The van der Waals surface area contributed by atoms with Gasteiger partial charge in [0.15, 0.2) is 0 Å². The van der Waals surface area contributed by atoms with Crippen LogP contribution in [0.5, 0.6) is 0 Å². The Labute approximate surface area is 116 Å². The summed E-state index contributed by atoms with van der Waals surface area (Å²) in [6.45, 7) is 1.53. The molecule has 0 saturated heterocycles. The molecular weight excluding hydrogens is 266 g/mol. The van der Waals surface area contributed by atoms with E-state index in [9.17, 15) is 14.9 Å². The zero-order chi connectivity index (χ0) is 14.4. The van der Waals surface area contributed by atoms with Crippen LogP contribution >= 0.6 is 12.6 Å². The molecule has 0 saturated carbocycles. The lowest BCUT2D eigenvalue weighted by Gasteiger charge is -2.06. The smallest absolute Gasteiger partial charge is 0.338 e. The maximum atomic E-state index is 11.6. The molecule has 0 bridgehead atoms. The Morgan fingerprint density at radius 2 is 2.21 bits per heavy atom. The minimum absolute atomic E-state index is 0.0894. The molecule has 0 heterocycles. The molecule has 0 aliphatic rings. The van der Waals surface area contributed by atoms with Gasteiger partial charge in [-0.15, -0.1) is 0 Å². The van der Waals surface area contributed by atoms with Crippen LogP contribution in [-0.2, 0) is 4.74 Å². The third kappa shape index (κ3) is 3.82. The number of methoxy groups -OCH3 is 1. The Kier molecular flexibility index (Phi) is 5.57. The molecule has 0 spiro atoms. The molecule has 0 amide bonds. The second kappa shape index (κ2) is 6.94. The lowest BCUT2D eigenvalue weighted by atomic mass is 10.0. The van der Waals surface area contributed by atoms with Crippen molar-refractivity contribution in [2.45, 2.75) is 13.3 Å². The molecule has 1 aromatic carbocycles. The summed E-state index contributed by atoms with van der Waals surface area (Å²) in [6, 6.07) is 3.03. The van der Waals surface area contributed by atoms with Gasteiger partial charge < -0.3 is 4.74 Å². The second-order valence-corrected chi connectivity index (χ2v) is 4.32. The van der Waals surface area contributed by atoms with Crippen LogP contribution in [0.25, 0.3) is 6.08 Å². The van der Waals surface area contributed by atoms with Gasteiger partial charge in [0, 0.05) is 11.6 Å². The van der Waals surface area contributed by atoms with Crippen LogP contribution in [0.4, 0.5) is 5.69 Å². The van der Waals surface area contributed by atoms with Crippen LogP contribution in [0.15, 0.2) is 18.2 Å². The van der Waals surface area contributed by atoms with E-state index >= 15 is 0 Å². The van der Waals surface area contributed by atoms with Crippen LogP contribution < -0.4 is 0 Å². The number of nitrogens with zero attached hydrogens (tertiary/aromatic N) is 1. The molecule has 5 nitrogen and oxygen atoms in total. The first-order chi connectivity index (χ1) is 9.01. The molecule has 6 heteroatoms. The Morgan fingerprint density at radius 1 is 1.53 bits per heavy atom.